The zero-order valence-electron chi connectivity index (χ0n) is 8.99. The minimum atomic E-state index is -0.0428. The lowest BCUT2D eigenvalue weighted by molar-refractivity contribution is 0.107. The van der Waals surface area contributed by atoms with Crippen LogP contribution >= 0.6 is 0 Å². The molecule has 2 N–H and O–H groups in total. The topological polar surface area (TPSA) is 52.6 Å². The van der Waals surface area contributed by atoms with E-state index in [1.54, 1.807) is 4.90 Å². The number of hydrogen-bond acceptors (Lipinski definition) is 2. The molecule has 1 atom stereocenters. The van der Waals surface area contributed by atoms with E-state index in [4.69, 9.17) is 5.11 Å². The fourth-order valence-electron chi connectivity index (χ4n) is 1.79. The van der Waals surface area contributed by atoms with Crippen molar-refractivity contribution in [2.24, 2.45) is 0 Å². The molecule has 1 fully saturated rings. The van der Waals surface area contributed by atoms with Crippen LogP contribution in [-0.2, 0) is 0 Å². The van der Waals surface area contributed by atoms with Gasteiger partial charge in [-0.15, -0.1) is 0 Å². The van der Waals surface area contributed by atoms with E-state index in [1.165, 1.54) is 0 Å². The van der Waals surface area contributed by atoms with Crippen LogP contribution in [-0.4, -0.2) is 41.3 Å². The molecule has 82 valence electrons. The molecule has 0 spiro atoms. The van der Waals surface area contributed by atoms with Crippen molar-refractivity contribution in [3.05, 3.63) is 0 Å². The number of aliphatic hydroxyl groups is 1. The van der Waals surface area contributed by atoms with Crippen molar-refractivity contribution in [2.45, 2.75) is 45.2 Å². The number of hydrogen-bond donors (Lipinski definition) is 2. The molecule has 0 radical (unpaired) electrons. The summed E-state index contributed by atoms with van der Waals surface area (Å²) in [5, 5.41) is 12.0. The number of likely N-dealkylation sites (tertiary alicyclic amines) is 1. The second-order valence-electron chi connectivity index (χ2n) is 4.13. The summed E-state index contributed by atoms with van der Waals surface area (Å²) in [6, 6.07) is 0.130. The molecule has 1 rings (SSSR count). The molecule has 1 aliphatic rings. The maximum absolute atomic E-state index is 11.7. The molecule has 2 amide bonds. The summed E-state index contributed by atoms with van der Waals surface area (Å²) in [5.41, 5.74) is 0. The Morgan fingerprint density at radius 2 is 2.29 bits per heavy atom. The summed E-state index contributed by atoms with van der Waals surface area (Å²) < 4.78 is 0. The zero-order chi connectivity index (χ0) is 10.6. The summed E-state index contributed by atoms with van der Waals surface area (Å²) in [6.07, 6.45) is 3.07. The van der Waals surface area contributed by atoms with Gasteiger partial charge in [-0.2, -0.15) is 0 Å². The fraction of sp³-hybridized carbons (Fsp3) is 0.900. The normalized spacial score (nSPS) is 22.6. The third-order valence-electron chi connectivity index (χ3n) is 2.51. The SMILES string of the molecule is CC(C)NC(=O)N1CCCCC1CO. The lowest BCUT2D eigenvalue weighted by Gasteiger charge is -2.35. The predicted molar refractivity (Wildman–Crippen MR) is 55.1 cm³/mol. The number of urea groups is 1. The highest BCUT2D eigenvalue weighted by atomic mass is 16.3. The van der Waals surface area contributed by atoms with Crippen LogP contribution in [0.4, 0.5) is 4.79 Å². The highest BCUT2D eigenvalue weighted by Gasteiger charge is 2.25. The van der Waals surface area contributed by atoms with Crippen molar-refractivity contribution in [1.29, 1.82) is 0 Å². The minimum absolute atomic E-state index is 0.0162. The molecular weight excluding hydrogens is 180 g/mol. The Kier molecular flexibility index (Phi) is 4.20. The third-order valence-corrected chi connectivity index (χ3v) is 2.51. The molecule has 14 heavy (non-hydrogen) atoms. The Balaban J connectivity index is 2.50. The monoisotopic (exact) mass is 200 g/mol. The molecule has 0 aromatic carbocycles. The van der Waals surface area contributed by atoms with Crippen LogP contribution < -0.4 is 5.32 Å². The number of carbonyl (C=O) groups is 1. The molecule has 0 saturated carbocycles. The van der Waals surface area contributed by atoms with Gasteiger partial charge in [-0.05, 0) is 33.1 Å². The first kappa shape index (κ1) is 11.3. The molecule has 0 aromatic heterocycles. The fourth-order valence-corrected chi connectivity index (χ4v) is 1.79. The van der Waals surface area contributed by atoms with Crippen LogP contribution in [0.25, 0.3) is 0 Å². The Morgan fingerprint density at radius 3 is 2.86 bits per heavy atom. The van der Waals surface area contributed by atoms with Gasteiger partial charge in [0.2, 0.25) is 0 Å². The number of nitrogens with zero attached hydrogens (tertiary/aromatic N) is 1. The molecule has 1 unspecified atom stereocenters. The Hall–Kier alpha value is -0.770. The van der Waals surface area contributed by atoms with Crippen LogP contribution in [0.5, 0.6) is 0 Å². The number of aliphatic hydroxyl groups excluding tert-OH is 1. The summed E-state index contributed by atoms with van der Waals surface area (Å²) in [6.45, 7) is 4.72. The lowest BCUT2D eigenvalue weighted by Crippen LogP contribution is -2.51. The summed E-state index contributed by atoms with van der Waals surface area (Å²) in [4.78, 5) is 13.4. The lowest BCUT2D eigenvalue weighted by atomic mass is 10.0. The second kappa shape index (κ2) is 5.20. The molecule has 0 aliphatic carbocycles. The number of piperidine rings is 1. The molecule has 1 heterocycles. The highest BCUT2D eigenvalue weighted by Crippen LogP contribution is 2.16. The van der Waals surface area contributed by atoms with Gasteiger partial charge in [0.1, 0.15) is 0 Å². The van der Waals surface area contributed by atoms with E-state index in [-0.39, 0.29) is 24.7 Å². The quantitative estimate of drug-likeness (QED) is 0.697. The third kappa shape index (κ3) is 2.87. The van der Waals surface area contributed by atoms with Gasteiger partial charge in [0.15, 0.2) is 0 Å². The Morgan fingerprint density at radius 1 is 1.57 bits per heavy atom. The van der Waals surface area contributed by atoms with E-state index in [2.05, 4.69) is 5.32 Å². The van der Waals surface area contributed by atoms with Crippen molar-refractivity contribution in [1.82, 2.24) is 10.2 Å². The molecule has 1 aliphatic heterocycles. The first-order valence-electron chi connectivity index (χ1n) is 5.33. The van der Waals surface area contributed by atoms with Crippen molar-refractivity contribution < 1.29 is 9.90 Å². The van der Waals surface area contributed by atoms with E-state index in [1.807, 2.05) is 13.8 Å². The zero-order valence-corrected chi connectivity index (χ0v) is 8.99. The van der Waals surface area contributed by atoms with Gasteiger partial charge in [-0.1, -0.05) is 0 Å². The van der Waals surface area contributed by atoms with Crippen molar-refractivity contribution in [2.75, 3.05) is 13.2 Å². The second-order valence-corrected chi connectivity index (χ2v) is 4.13. The average molecular weight is 200 g/mol. The van der Waals surface area contributed by atoms with Crippen molar-refractivity contribution in [3.63, 3.8) is 0 Å². The van der Waals surface area contributed by atoms with E-state index >= 15 is 0 Å². The number of rotatable bonds is 2. The summed E-state index contributed by atoms with van der Waals surface area (Å²) >= 11 is 0. The summed E-state index contributed by atoms with van der Waals surface area (Å²) in [7, 11) is 0. The maximum Gasteiger partial charge on any atom is 0.317 e. The van der Waals surface area contributed by atoms with E-state index in [0.29, 0.717) is 0 Å². The Bertz CT molecular complexity index is 195. The van der Waals surface area contributed by atoms with Gasteiger partial charge in [0, 0.05) is 12.6 Å². The van der Waals surface area contributed by atoms with Crippen LogP contribution in [0.2, 0.25) is 0 Å². The molecule has 1 saturated heterocycles. The minimum Gasteiger partial charge on any atom is -0.394 e. The van der Waals surface area contributed by atoms with Gasteiger partial charge in [0.05, 0.1) is 12.6 Å². The maximum atomic E-state index is 11.7. The van der Waals surface area contributed by atoms with Gasteiger partial charge in [-0.25, -0.2) is 4.79 Å². The van der Waals surface area contributed by atoms with Crippen LogP contribution in [0.1, 0.15) is 33.1 Å². The van der Waals surface area contributed by atoms with Crippen molar-refractivity contribution in [3.8, 4) is 0 Å². The van der Waals surface area contributed by atoms with Gasteiger partial charge < -0.3 is 15.3 Å². The van der Waals surface area contributed by atoms with Crippen LogP contribution in [0.3, 0.4) is 0 Å². The molecule has 0 bridgehead atoms. The molecule has 4 heteroatoms. The predicted octanol–water partition coefficient (Wildman–Crippen LogP) is 0.951. The number of amides is 2. The van der Waals surface area contributed by atoms with E-state index in [0.717, 1.165) is 25.8 Å². The molecule has 0 aromatic rings. The standard InChI is InChI=1S/C10H20N2O2/c1-8(2)11-10(14)12-6-4-3-5-9(12)7-13/h8-9,13H,3-7H2,1-2H3,(H,11,14). The first-order chi connectivity index (χ1) is 6.65. The van der Waals surface area contributed by atoms with Crippen LogP contribution in [0.15, 0.2) is 0 Å². The first-order valence-corrected chi connectivity index (χ1v) is 5.33. The number of carbonyl (C=O) groups excluding carboxylic acids is 1. The average Bonchev–Trinajstić information content (AvgIpc) is 2.16. The van der Waals surface area contributed by atoms with E-state index in [9.17, 15) is 4.79 Å². The van der Waals surface area contributed by atoms with Crippen LogP contribution in [0, 0.1) is 0 Å². The number of nitrogens with one attached hydrogen (secondary N) is 1. The van der Waals surface area contributed by atoms with Gasteiger partial charge in [0.25, 0.3) is 0 Å². The largest absolute Gasteiger partial charge is 0.394 e. The van der Waals surface area contributed by atoms with E-state index < -0.39 is 0 Å². The van der Waals surface area contributed by atoms with Gasteiger partial charge >= 0.3 is 6.03 Å². The smallest absolute Gasteiger partial charge is 0.317 e. The van der Waals surface area contributed by atoms with Crippen molar-refractivity contribution >= 4 is 6.03 Å². The molecule has 4 nitrogen and oxygen atoms in total. The summed E-state index contributed by atoms with van der Waals surface area (Å²) in [5.74, 6) is 0. The Labute approximate surface area is 85.3 Å². The highest BCUT2D eigenvalue weighted by molar-refractivity contribution is 5.74. The molecular formula is C10H20N2O2. The van der Waals surface area contributed by atoms with Gasteiger partial charge in [-0.3, -0.25) is 0 Å².